The van der Waals surface area contributed by atoms with Crippen molar-refractivity contribution in [2.75, 3.05) is 5.32 Å². The van der Waals surface area contributed by atoms with Crippen molar-refractivity contribution in [1.82, 2.24) is 5.48 Å². The molecule has 0 saturated carbocycles. The number of hydrogen-bond donors (Lipinski definition) is 3. The van der Waals surface area contributed by atoms with Crippen molar-refractivity contribution < 1.29 is 14.8 Å². The Labute approximate surface area is 118 Å². The Morgan fingerprint density at radius 3 is 2.55 bits per heavy atom. The highest BCUT2D eigenvalue weighted by atomic mass is 16.5. The first-order valence-corrected chi connectivity index (χ1v) is 6.59. The van der Waals surface area contributed by atoms with Gasteiger partial charge < -0.3 is 5.32 Å². The number of rotatable bonds is 7. The van der Waals surface area contributed by atoms with Gasteiger partial charge in [0.25, 0.3) is 5.91 Å². The van der Waals surface area contributed by atoms with Gasteiger partial charge in [-0.2, -0.15) is 0 Å². The number of para-hydroxylation sites is 1. The number of hydroxylamine groups is 1. The van der Waals surface area contributed by atoms with Crippen LogP contribution in [0.5, 0.6) is 0 Å². The highest BCUT2D eigenvalue weighted by Gasteiger charge is 2.04. The third kappa shape index (κ3) is 6.15. The van der Waals surface area contributed by atoms with Gasteiger partial charge in [-0.25, -0.2) is 5.48 Å². The van der Waals surface area contributed by atoms with Crippen LogP contribution in [0.4, 0.5) is 5.69 Å². The molecule has 0 radical (unpaired) electrons. The molecule has 1 aromatic carbocycles. The number of hydrogen-bond acceptors (Lipinski definition) is 3. The normalized spacial score (nSPS) is 11.0. The molecule has 3 N–H and O–H groups in total. The third-order valence-corrected chi connectivity index (χ3v) is 2.82. The van der Waals surface area contributed by atoms with Crippen LogP contribution in [-0.4, -0.2) is 17.0 Å². The Morgan fingerprint density at radius 2 is 1.90 bits per heavy atom. The van der Waals surface area contributed by atoms with E-state index in [1.165, 1.54) is 0 Å². The number of anilines is 1. The molecule has 1 aromatic rings. The second-order valence-electron chi connectivity index (χ2n) is 4.49. The van der Waals surface area contributed by atoms with Crippen molar-refractivity contribution in [3.8, 4) is 0 Å². The van der Waals surface area contributed by atoms with E-state index in [4.69, 9.17) is 5.21 Å². The molecule has 0 saturated heterocycles. The minimum absolute atomic E-state index is 0.121. The molecule has 0 spiro atoms. The van der Waals surface area contributed by atoms with Crippen molar-refractivity contribution in [1.29, 1.82) is 0 Å². The van der Waals surface area contributed by atoms with E-state index in [0.29, 0.717) is 18.4 Å². The Hall–Kier alpha value is -2.14. The van der Waals surface area contributed by atoms with Gasteiger partial charge in [0.2, 0.25) is 5.91 Å². The Balaban J connectivity index is 2.30. The first-order chi connectivity index (χ1) is 9.63. The fourth-order valence-electron chi connectivity index (χ4n) is 1.65. The van der Waals surface area contributed by atoms with Crippen molar-refractivity contribution >= 4 is 17.5 Å². The second-order valence-corrected chi connectivity index (χ2v) is 4.49. The van der Waals surface area contributed by atoms with Gasteiger partial charge in [0.1, 0.15) is 0 Å². The Morgan fingerprint density at radius 1 is 1.20 bits per heavy atom. The summed E-state index contributed by atoms with van der Waals surface area (Å²) in [6, 6.07) is 9.28. The molecule has 5 nitrogen and oxygen atoms in total. The number of amides is 2. The molecule has 0 heterocycles. The molecule has 0 aromatic heterocycles. The van der Waals surface area contributed by atoms with Gasteiger partial charge in [-0.3, -0.25) is 14.8 Å². The van der Waals surface area contributed by atoms with Crippen LogP contribution in [0.25, 0.3) is 0 Å². The standard InChI is InChI=1S/C15H20N2O3/c1-12(8-4-2-7-11-14(18)17-20)15(19)16-13-9-5-3-6-10-13/h3,5-6,8-10,20H,2,4,7,11H2,1H3,(H,16,19)(H,17,18)/b12-8+. The molecule has 2 amide bonds. The minimum Gasteiger partial charge on any atom is -0.322 e. The molecule has 0 atom stereocenters. The number of carbonyl (C=O) groups is 2. The fourth-order valence-corrected chi connectivity index (χ4v) is 1.65. The van der Waals surface area contributed by atoms with E-state index >= 15 is 0 Å². The SMILES string of the molecule is C/C(=C\CCCCC(=O)NO)C(=O)Nc1ccccc1. The van der Waals surface area contributed by atoms with Crippen LogP contribution in [0.1, 0.15) is 32.6 Å². The Bertz CT molecular complexity index is 469. The maximum Gasteiger partial charge on any atom is 0.250 e. The maximum atomic E-state index is 11.9. The van der Waals surface area contributed by atoms with Crippen molar-refractivity contribution in [2.45, 2.75) is 32.6 Å². The number of carbonyl (C=O) groups excluding carboxylic acids is 2. The van der Waals surface area contributed by atoms with Crippen molar-refractivity contribution in [3.05, 3.63) is 42.0 Å². The lowest BCUT2D eigenvalue weighted by Gasteiger charge is -2.05. The van der Waals surface area contributed by atoms with Gasteiger partial charge in [0, 0.05) is 17.7 Å². The molecule has 5 heteroatoms. The molecular formula is C15H20N2O3. The van der Waals surface area contributed by atoms with Crippen LogP contribution in [0.3, 0.4) is 0 Å². The van der Waals surface area contributed by atoms with E-state index in [9.17, 15) is 9.59 Å². The molecule has 0 aliphatic carbocycles. The summed E-state index contributed by atoms with van der Waals surface area (Å²) < 4.78 is 0. The number of benzene rings is 1. The van der Waals surface area contributed by atoms with Gasteiger partial charge in [0.05, 0.1) is 0 Å². The Kier molecular flexibility index (Phi) is 7.06. The average molecular weight is 276 g/mol. The molecule has 0 bridgehead atoms. The van der Waals surface area contributed by atoms with Crippen molar-refractivity contribution in [3.63, 3.8) is 0 Å². The monoisotopic (exact) mass is 276 g/mol. The zero-order valence-electron chi connectivity index (χ0n) is 11.6. The van der Waals surface area contributed by atoms with Gasteiger partial charge in [-0.05, 0) is 38.3 Å². The predicted molar refractivity (Wildman–Crippen MR) is 77.2 cm³/mol. The zero-order chi connectivity index (χ0) is 14.8. The fraction of sp³-hybridized carbons (Fsp3) is 0.333. The van der Waals surface area contributed by atoms with Gasteiger partial charge in [-0.1, -0.05) is 24.3 Å². The number of allylic oxidation sites excluding steroid dienone is 1. The lowest BCUT2D eigenvalue weighted by atomic mass is 10.1. The largest absolute Gasteiger partial charge is 0.322 e. The lowest BCUT2D eigenvalue weighted by molar-refractivity contribution is -0.129. The first-order valence-electron chi connectivity index (χ1n) is 6.59. The van der Waals surface area contributed by atoms with Crippen LogP contribution in [0.15, 0.2) is 42.0 Å². The third-order valence-electron chi connectivity index (χ3n) is 2.82. The molecule has 0 fully saturated rings. The molecule has 0 unspecified atom stereocenters. The van der Waals surface area contributed by atoms with Crippen LogP contribution in [0.2, 0.25) is 0 Å². The van der Waals surface area contributed by atoms with Gasteiger partial charge >= 0.3 is 0 Å². The van der Waals surface area contributed by atoms with Crippen LogP contribution < -0.4 is 10.8 Å². The summed E-state index contributed by atoms with van der Waals surface area (Å²) in [4.78, 5) is 22.6. The summed E-state index contributed by atoms with van der Waals surface area (Å²) in [5, 5.41) is 11.1. The second kappa shape index (κ2) is 8.87. The highest BCUT2D eigenvalue weighted by Crippen LogP contribution is 2.09. The summed E-state index contributed by atoms with van der Waals surface area (Å²) in [6.07, 6.45) is 4.35. The van der Waals surface area contributed by atoms with Crippen LogP contribution >= 0.6 is 0 Å². The molecule has 1 rings (SSSR count). The predicted octanol–water partition coefficient (Wildman–Crippen LogP) is 2.64. The summed E-state index contributed by atoms with van der Waals surface area (Å²) in [7, 11) is 0. The smallest absolute Gasteiger partial charge is 0.250 e. The molecule has 108 valence electrons. The summed E-state index contributed by atoms with van der Waals surface area (Å²) in [6.45, 7) is 1.76. The summed E-state index contributed by atoms with van der Waals surface area (Å²) in [5.41, 5.74) is 3.01. The topological polar surface area (TPSA) is 78.4 Å². The first kappa shape index (κ1) is 15.9. The van der Waals surface area contributed by atoms with E-state index in [-0.39, 0.29) is 11.8 Å². The highest BCUT2D eigenvalue weighted by molar-refractivity contribution is 6.03. The number of nitrogens with one attached hydrogen (secondary N) is 2. The van der Waals surface area contributed by atoms with Crippen LogP contribution in [-0.2, 0) is 9.59 Å². The maximum absolute atomic E-state index is 11.9. The van der Waals surface area contributed by atoms with Crippen LogP contribution in [0, 0.1) is 0 Å². The molecule has 0 aliphatic heterocycles. The quantitative estimate of drug-likeness (QED) is 0.310. The molecule has 20 heavy (non-hydrogen) atoms. The summed E-state index contributed by atoms with van der Waals surface area (Å²) in [5.74, 6) is -0.503. The van der Waals surface area contributed by atoms with Crippen molar-refractivity contribution in [2.24, 2.45) is 0 Å². The van der Waals surface area contributed by atoms with E-state index in [1.807, 2.05) is 36.4 Å². The minimum atomic E-state index is -0.382. The zero-order valence-corrected chi connectivity index (χ0v) is 11.6. The molecular weight excluding hydrogens is 256 g/mol. The molecule has 0 aliphatic rings. The van der Waals surface area contributed by atoms with E-state index in [1.54, 1.807) is 12.4 Å². The van der Waals surface area contributed by atoms with E-state index in [2.05, 4.69) is 5.32 Å². The summed E-state index contributed by atoms with van der Waals surface area (Å²) >= 11 is 0. The number of unbranched alkanes of at least 4 members (excludes halogenated alkanes) is 2. The lowest BCUT2D eigenvalue weighted by Crippen LogP contribution is -2.17. The van der Waals surface area contributed by atoms with Gasteiger partial charge in [-0.15, -0.1) is 0 Å². The van der Waals surface area contributed by atoms with E-state index in [0.717, 1.165) is 18.5 Å². The van der Waals surface area contributed by atoms with E-state index < -0.39 is 0 Å². The average Bonchev–Trinajstić information content (AvgIpc) is 2.47. The van der Waals surface area contributed by atoms with Gasteiger partial charge in [0.15, 0.2) is 0 Å².